The van der Waals surface area contributed by atoms with Gasteiger partial charge in [-0.25, -0.2) is 0 Å². The number of nitrogens with two attached hydrogens (primary N) is 1. The van der Waals surface area contributed by atoms with E-state index in [1.54, 1.807) is 6.07 Å². The number of alkyl halides is 3. The number of hydrogen-bond acceptors (Lipinski definition) is 4. The Morgan fingerprint density at radius 3 is 2.56 bits per heavy atom. The second kappa shape index (κ2) is 7.33. The van der Waals surface area contributed by atoms with Gasteiger partial charge in [0.05, 0.1) is 17.0 Å². The maximum absolute atomic E-state index is 12.9. The molecule has 0 radical (unpaired) electrons. The van der Waals surface area contributed by atoms with E-state index in [9.17, 15) is 13.2 Å². The van der Waals surface area contributed by atoms with E-state index in [0.717, 1.165) is 37.8 Å². The van der Waals surface area contributed by atoms with Gasteiger partial charge in [-0.15, -0.1) is 12.4 Å². The van der Waals surface area contributed by atoms with Crippen molar-refractivity contribution in [1.29, 1.82) is 0 Å². The molecule has 1 atom stereocenters. The average molecular weight is 376 g/mol. The van der Waals surface area contributed by atoms with Crippen LogP contribution in [0.2, 0.25) is 0 Å². The molecule has 1 fully saturated rings. The SMILES string of the molecule is CCC(c1cccc(C(F)(F)F)c1)c1nc(C2(N)CCCC2)no1.Cl. The van der Waals surface area contributed by atoms with E-state index in [1.165, 1.54) is 6.07 Å². The number of rotatable bonds is 4. The van der Waals surface area contributed by atoms with Crippen molar-refractivity contribution in [3.8, 4) is 0 Å². The van der Waals surface area contributed by atoms with Gasteiger partial charge >= 0.3 is 6.18 Å². The molecule has 0 aliphatic heterocycles. The lowest BCUT2D eigenvalue weighted by molar-refractivity contribution is -0.137. The summed E-state index contributed by atoms with van der Waals surface area (Å²) in [6, 6.07) is 5.26. The van der Waals surface area contributed by atoms with Crippen LogP contribution in [0.4, 0.5) is 13.2 Å². The smallest absolute Gasteiger partial charge is 0.339 e. The Bertz CT molecular complexity index is 711. The standard InChI is InChI=1S/C17H20F3N3O.ClH/c1-2-13(11-6-5-7-12(10-11)17(18,19)20)14-22-15(23-24-14)16(21)8-3-4-9-16;/h5-7,10,13H,2-4,8-9,21H2,1H3;1H. The van der Waals surface area contributed by atoms with Crippen LogP contribution in [0.3, 0.4) is 0 Å². The van der Waals surface area contributed by atoms with Crippen LogP contribution in [0, 0.1) is 0 Å². The summed E-state index contributed by atoms with van der Waals surface area (Å²) >= 11 is 0. The van der Waals surface area contributed by atoms with E-state index in [2.05, 4.69) is 10.1 Å². The predicted molar refractivity (Wildman–Crippen MR) is 89.5 cm³/mol. The normalized spacial score (nSPS) is 18.0. The molecule has 25 heavy (non-hydrogen) atoms. The van der Waals surface area contributed by atoms with Gasteiger partial charge in [-0.1, -0.05) is 43.1 Å². The van der Waals surface area contributed by atoms with Gasteiger partial charge in [0.25, 0.3) is 0 Å². The number of aromatic nitrogens is 2. The molecule has 2 N–H and O–H groups in total. The molecule has 1 saturated carbocycles. The van der Waals surface area contributed by atoms with E-state index in [4.69, 9.17) is 10.3 Å². The summed E-state index contributed by atoms with van der Waals surface area (Å²) < 4.78 is 44.1. The number of hydrogen-bond donors (Lipinski definition) is 1. The molecule has 1 aliphatic carbocycles. The lowest BCUT2D eigenvalue weighted by Crippen LogP contribution is -2.34. The molecule has 0 bridgehead atoms. The Hall–Kier alpha value is -1.60. The average Bonchev–Trinajstić information content (AvgIpc) is 3.18. The molecule has 1 aliphatic rings. The quantitative estimate of drug-likeness (QED) is 0.835. The van der Waals surface area contributed by atoms with Gasteiger partial charge in [0.2, 0.25) is 5.89 Å². The van der Waals surface area contributed by atoms with Crippen LogP contribution in [0.25, 0.3) is 0 Å². The van der Waals surface area contributed by atoms with Crippen molar-refractivity contribution in [2.24, 2.45) is 5.73 Å². The van der Waals surface area contributed by atoms with E-state index in [1.807, 2.05) is 6.92 Å². The summed E-state index contributed by atoms with van der Waals surface area (Å²) in [4.78, 5) is 4.42. The van der Waals surface area contributed by atoms with E-state index < -0.39 is 17.3 Å². The molecule has 4 nitrogen and oxygen atoms in total. The Kier molecular flexibility index (Phi) is 5.79. The summed E-state index contributed by atoms with van der Waals surface area (Å²) in [6.45, 7) is 1.88. The van der Waals surface area contributed by atoms with Crippen LogP contribution in [0.1, 0.15) is 67.8 Å². The van der Waals surface area contributed by atoms with E-state index in [0.29, 0.717) is 23.7 Å². The van der Waals surface area contributed by atoms with Crippen molar-refractivity contribution in [1.82, 2.24) is 10.1 Å². The molecule has 1 aromatic heterocycles. The first-order valence-electron chi connectivity index (χ1n) is 8.13. The fraction of sp³-hybridized carbons (Fsp3) is 0.529. The Morgan fingerprint density at radius 1 is 1.28 bits per heavy atom. The van der Waals surface area contributed by atoms with Crippen LogP contribution >= 0.6 is 12.4 Å². The lowest BCUT2D eigenvalue weighted by atomic mass is 9.94. The van der Waals surface area contributed by atoms with Gasteiger partial charge in [0.15, 0.2) is 5.82 Å². The third-order valence-corrected chi connectivity index (χ3v) is 4.71. The summed E-state index contributed by atoms with van der Waals surface area (Å²) in [7, 11) is 0. The summed E-state index contributed by atoms with van der Waals surface area (Å²) in [5.41, 5.74) is 5.58. The van der Waals surface area contributed by atoms with Gasteiger partial charge in [-0.2, -0.15) is 18.2 Å². The first-order valence-corrected chi connectivity index (χ1v) is 8.13. The topological polar surface area (TPSA) is 64.9 Å². The fourth-order valence-electron chi connectivity index (χ4n) is 3.29. The molecular weight excluding hydrogens is 355 g/mol. The molecule has 1 heterocycles. The van der Waals surface area contributed by atoms with Crippen molar-refractivity contribution in [3.63, 3.8) is 0 Å². The highest BCUT2D eigenvalue weighted by Gasteiger charge is 2.37. The Morgan fingerprint density at radius 2 is 1.96 bits per heavy atom. The van der Waals surface area contributed by atoms with Crippen LogP contribution < -0.4 is 5.73 Å². The van der Waals surface area contributed by atoms with Gasteiger partial charge < -0.3 is 10.3 Å². The van der Waals surface area contributed by atoms with E-state index >= 15 is 0 Å². The van der Waals surface area contributed by atoms with Crippen molar-refractivity contribution >= 4 is 12.4 Å². The Labute approximate surface area is 150 Å². The first-order chi connectivity index (χ1) is 11.3. The monoisotopic (exact) mass is 375 g/mol. The molecule has 8 heteroatoms. The molecule has 3 rings (SSSR count). The molecule has 2 aromatic rings. The molecule has 0 amide bonds. The minimum atomic E-state index is -4.38. The van der Waals surface area contributed by atoms with E-state index in [-0.39, 0.29) is 18.3 Å². The maximum atomic E-state index is 12.9. The highest BCUT2D eigenvalue weighted by Crippen LogP contribution is 2.37. The summed E-state index contributed by atoms with van der Waals surface area (Å²) in [5.74, 6) is 0.405. The van der Waals surface area contributed by atoms with Crippen LogP contribution in [-0.2, 0) is 11.7 Å². The minimum Gasteiger partial charge on any atom is -0.339 e. The molecule has 0 spiro atoms. The molecular formula is C17H21ClF3N3O. The summed E-state index contributed by atoms with van der Waals surface area (Å²) in [6.07, 6.45) is -0.185. The number of halogens is 4. The maximum Gasteiger partial charge on any atom is 0.416 e. The zero-order valence-corrected chi connectivity index (χ0v) is 14.7. The number of nitrogens with zero attached hydrogens (tertiary/aromatic N) is 2. The Balaban J connectivity index is 0.00000225. The van der Waals surface area contributed by atoms with Crippen molar-refractivity contribution in [2.45, 2.75) is 56.7 Å². The van der Waals surface area contributed by atoms with Crippen LogP contribution in [0.5, 0.6) is 0 Å². The second-order valence-electron chi connectivity index (χ2n) is 6.40. The lowest BCUT2D eigenvalue weighted by Gasteiger charge is -2.18. The predicted octanol–water partition coefficient (Wildman–Crippen LogP) is 4.78. The zero-order chi connectivity index (χ0) is 17.4. The largest absolute Gasteiger partial charge is 0.416 e. The van der Waals surface area contributed by atoms with Gasteiger partial charge in [-0.3, -0.25) is 0 Å². The molecule has 138 valence electrons. The van der Waals surface area contributed by atoms with Gasteiger partial charge in [0.1, 0.15) is 0 Å². The fourth-order valence-corrected chi connectivity index (χ4v) is 3.29. The highest BCUT2D eigenvalue weighted by atomic mass is 35.5. The first kappa shape index (κ1) is 19.7. The third-order valence-electron chi connectivity index (χ3n) is 4.71. The molecule has 0 saturated heterocycles. The van der Waals surface area contributed by atoms with Gasteiger partial charge in [-0.05, 0) is 30.9 Å². The number of benzene rings is 1. The molecule has 1 unspecified atom stereocenters. The van der Waals surface area contributed by atoms with Crippen LogP contribution in [-0.4, -0.2) is 10.1 Å². The van der Waals surface area contributed by atoms with Gasteiger partial charge in [0, 0.05) is 0 Å². The van der Waals surface area contributed by atoms with Crippen molar-refractivity contribution < 1.29 is 17.7 Å². The van der Waals surface area contributed by atoms with Crippen molar-refractivity contribution in [3.05, 3.63) is 47.1 Å². The van der Waals surface area contributed by atoms with Crippen LogP contribution in [0.15, 0.2) is 28.8 Å². The minimum absolute atomic E-state index is 0. The zero-order valence-electron chi connectivity index (χ0n) is 13.8. The molecule has 1 aromatic carbocycles. The highest BCUT2D eigenvalue weighted by molar-refractivity contribution is 5.85. The second-order valence-corrected chi connectivity index (χ2v) is 6.40. The summed E-state index contributed by atoms with van der Waals surface area (Å²) in [5, 5.41) is 4.00. The third kappa shape index (κ3) is 3.98. The van der Waals surface area contributed by atoms with Crippen molar-refractivity contribution in [2.75, 3.05) is 0 Å².